The molecule has 4 atom stereocenters. The number of hydrogen-bond donors (Lipinski definition) is 1. The fourth-order valence-electron chi connectivity index (χ4n) is 4.69. The maximum Gasteiger partial charge on any atom is 0.338 e. The highest BCUT2D eigenvalue weighted by Gasteiger charge is 2.69. The number of ether oxygens (including phenoxy) is 4. The van der Waals surface area contributed by atoms with Crippen molar-refractivity contribution < 1.29 is 37.7 Å². The normalized spacial score (nSPS) is 22.8. The van der Waals surface area contributed by atoms with Gasteiger partial charge in [0.05, 0.1) is 16.7 Å². The Labute approximate surface area is 243 Å². The van der Waals surface area contributed by atoms with Crippen LogP contribution in [-0.4, -0.2) is 51.6 Å². The minimum absolute atomic E-state index is 0.0347. The molecular formula is C31H25FN2O9. The number of hydrogen-bond acceptors (Lipinski definition) is 9. The van der Waals surface area contributed by atoms with Crippen LogP contribution in [0.2, 0.25) is 0 Å². The predicted octanol–water partition coefficient (Wildman–Crippen LogP) is 3.43. The van der Waals surface area contributed by atoms with Gasteiger partial charge < -0.3 is 18.9 Å². The molecule has 3 aromatic carbocycles. The largest absolute Gasteiger partial charge is 0.456 e. The molecule has 0 aliphatic carbocycles. The van der Waals surface area contributed by atoms with Gasteiger partial charge in [0, 0.05) is 12.3 Å². The number of aromatic amines is 1. The van der Waals surface area contributed by atoms with Crippen molar-refractivity contribution in [3.05, 3.63) is 141 Å². The summed E-state index contributed by atoms with van der Waals surface area (Å²) >= 11 is 0. The van der Waals surface area contributed by atoms with Gasteiger partial charge in [-0.3, -0.25) is 14.3 Å². The molecule has 11 nitrogen and oxygen atoms in total. The molecule has 1 N–H and O–H groups in total. The van der Waals surface area contributed by atoms with Gasteiger partial charge in [0.1, 0.15) is 0 Å². The molecule has 2 unspecified atom stereocenters. The molecule has 1 aliphatic rings. The third kappa shape index (κ3) is 5.99. The number of benzene rings is 3. The second kappa shape index (κ2) is 11.9. The zero-order valence-corrected chi connectivity index (χ0v) is 22.7. The third-order valence-electron chi connectivity index (χ3n) is 6.78. The Morgan fingerprint density at radius 2 is 1.33 bits per heavy atom. The highest BCUT2D eigenvalue weighted by Crippen LogP contribution is 2.49. The lowest BCUT2D eigenvalue weighted by Crippen LogP contribution is -2.55. The molecule has 1 aliphatic heterocycles. The maximum absolute atomic E-state index is 17.1. The molecule has 1 fully saturated rings. The highest BCUT2D eigenvalue weighted by molar-refractivity contribution is 5.91. The van der Waals surface area contributed by atoms with Crippen LogP contribution in [0.25, 0.3) is 0 Å². The van der Waals surface area contributed by atoms with Crippen LogP contribution in [0.15, 0.2) is 113 Å². The first-order valence-corrected chi connectivity index (χ1v) is 13.1. The van der Waals surface area contributed by atoms with Gasteiger partial charge >= 0.3 is 23.6 Å². The maximum atomic E-state index is 17.1. The third-order valence-corrected chi connectivity index (χ3v) is 6.78. The van der Waals surface area contributed by atoms with E-state index in [4.69, 9.17) is 18.9 Å². The first-order chi connectivity index (χ1) is 20.6. The van der Waals surface area contributed by atoms with Crippen molar-refractivity contribution in [1.82, 2.24) is 9.55 Å². The molecule has 0 spiro atoms. The second-order valence-electron chi connectivity index (χ2n) is 9.81. The minimum atomic E-state index is -3.15. The average molecular weight is 589 g/mol. The number of halogens is 1. The Morgan fingerprint density at radius 1 is 0.814 bits per heavy atom. The lowest BCUT2D eigenvalue weighted by Gasteiger charge is -2.35. The average Bonchev–Trinajstić information content (AvgIpc) is 3.23. The van der Waals surface area contributed by atoms with Gasteiger partial charge in [0.25, 0.3) is 11.4 Å². The lowest BCUT2D eigenvalue weighted by molar-refractivity contribution is -0.208. The fraction of sp³-hybridized carbons (Fsp3) is 0.194. The van der Waals surface area contributed by atoms with E-state index in [1.165, 1.54) is 43.3 Å². The van der Waals surface area contributed by atoms with Crippen LogP contribution in [0.3, 0.4) is 0 Å². The van der Waals surface area contributed by atoms with E-state index in [9.17, 15) is 24.0 Å². The van der Waals surface area contributed by atoms with Crippen LogP contribution in [0, 0.1) is 0 Å². The number of alkyl halides is 1. The van der Waals surface area contributed by atoms with Crippen LogP contribution in [0.5, 0.6) is 0 Å². The Morgan fingerprint density at radius 3 is 1.86 bits per heavy atom. The van der Waals surface area contributed by atoms with Gasteiger partial charge in [-0.25, -0.2) is 23.6 Å². The van der Waals surface area contributed by atoms with E-state index >= 15 is 4.39 Å². The molecule has 5 rings (SSSR count). The molecule has 43 heavy (non-hydrogen) atoms. The van der Waals surface area contributed by atoms with E-state index in [0.717, 1.165) is 16.8 Å². The number of rotatable bonds is 8. The van der Waals surface area contributed by atoms with Crippen LogP contribution in [-0.2, 0) is 18.9 Å². The van der Waals surface area contributed by atoms with Crippen LogP contribution < -0.4 is 11.2 Å². The zero-order valence-electron chi connectivity index (χ0n) is 22.7. The summed E-state index contributed by atoms with van der Waals surface area (Å²) in [5.41, 5.74) is -3.83. The van der Waals surface area contributed by atoms with Crippen LogP contribution in [0.4, 0.5) is 4.39 Å². The fourth-order valence-corrected chi connectivity index (χ4v) is 4.69. The minimum Gasteiger partial charge on any atom is -0.456 e. The van der Waals surface area contributed by atoms with E-state index in [-0.39, 0.29) is 16.7 Å². The molecule has 0 amide bonds. The van der Waals surface area contributed by atoms with E-state index in [0.29, 0.717) is 0 Å². The van der Waals surface area contributed by atoms with E-state index < -0.39 is 59.6 Å². The number of carbonyl (C=O) groups is 3. The number of carbonyl (C=O) groups excluding carboxylic acids is 3. The van der Waals surface area contributed by atoms with E-state index in [2.05, 4.69) is 0 Å². The van der Waals surface area contributed by atoms with Crippen LogP contribution in [0.1, 0.15) is 44.2 Å². The Balaban J connectivity index is 1.59. The summed E-state index contributed by atoms with van der Waals surface area (Å²) in [5, 5.41) is 0. The monoisotopic (exact) mass is 588 g/mol. The Hall–Kier alpha value is -5.36. The van der Waals surface area contributed by atoms with Gasteiger partial charge in [-0.2, -0.15) is 0 Å². The van der Waals surface area contributed by atoms with Crippen molar-refractivity contribution in [2.75, 3.05) is 6.61 Å². The molecule has 0 radical (unpaired) electrons. The van der Waals surface area contributed by atoms with Crippen LogP contribution >= 0.6 is 0 Å². The number of esters is 3. The van der Waals surface area contributed by atoms with Gasteiger partial charge in [0.15, 0.2) is 18.4 Å². The smallest absolute Gasteiger partial charge is 0.338 e. The molecule has 220 valence electrons. The summed E-state index contributed by atoms with van der Waals surface area (Å²) in [6, 6.07) is 24.0. The SMILES string of the molecule is C[C@]1(OC(=O)c2ccccc2)C(n2ccc(=O)[nH]c2=O)O[C@](F)(COC(=O)c2ccccc2)C1OC(=O)c1ccccc1. The molecule has 4 aromatic rings. The van der Waals surface area contributed by atoms with Crippen molar-refractivity contribution in [2.24, 2.45) is 0 Å². The van der Waals surface area contributed by atoms with Gasteiger partial charge in [-0.15, -0.1) is 0 Å². The summed E-state index contributed by atoms with van der Waals surface area (Å²) in [5.74, 6) is -6.04. The quantitative estimate of drug-likeness (QED) is 0.242. The van der Waals surface area contributed by atoms with Crippen molar-refractivity contribution >= 4 is 17.9 Å². The standard InChI is InChI=1S/C31H25FN2O9/c1-30(42-26(38)22-15-9-4-10-16-22)27(41-25(37)21-13-7-3-8-14-21)31(32,19-40-24(36)20-11-5-2-6-12-20)43-28(30)34-18-17-23(35)33-29(34)39/h2-18,27-28H,19H2,1H3,(H,33,35,39)/t27?,28?,30-,31-/m1/s1. The number of aromatic nitrogens is 2. The lowest BCUT2D eigenvalue weighted by atomic mass is 9.94. The van der Waals surface area contributed by atoms with Crippen molar-refractivity contribution in [2.45, 2.75) is 30.7 Å². The first kappa shape index (κ1) is 29.1. The number of H-pyrrole nitrogens is 1. The van der Waals surface area contributed by atoms with Crippen molar-refractivity contribution in [3.8, 4) is 0 Å². The highest BCUT2D eigenvalue weighted by atomic mass is 19.2. The number of nitrogens with zero attached hydrogens (tertiary/aromatic N) is 1. The Kier molecular flexibility index (Phi) is 8.04. The second-order valence-corrected chi connectivity index (χ2v) is 9.81. The first-order valence-electron chi connectivity index (χ1n) is 13.1. The summed E-state index contributed by atoms with van der Waals surface area (Å²) in [7, 11) is 0. The topological polar surface area (TPSA) is 143 Å². The van der Waals surface area contributed by atoms with E-state index in [1.54, 1.807) is 54.6 Å². The van der Waals surface area contributed by atoms with Gasteiger partial charge in [0.2, 0.25) is 6.10 Å². The summed E-state index contributed by atoms with van der Waals surface area (Å²) in [6.45, 7) is 0.0832. The molecule has 0 saturated carbocycles. The molecular weight excluding hydrogens is 563 g/mol. The molecule has 0 bridgehead atoms. The Bertz CT molecular complexity index is 1740. The van der Waals surface area contributed by atoms with Crippen molar-refractivity contribution in [3.63, 3.8) is 0 Å². The predicted molar refractivity (Wildman–Crippen MR) is 148 cm³/mol. The molecule has 1 saturated heterocycles. The van der Waals surface area contributed by atoms with Gasteiger partial charge in [-0.05, 0) is 43.3 Å². The molecule has 12 heteroatoms. The number of nitrogens with one attached hydrogen (secondary N) is 1. The zero-order chi connectivity index (χ0) is 30.6. The van der Waals surface area contributed by atoms with E-state index in [1.807, 2.05) is 4.98 Å². The molecule has 1 aromatic heterocycles. The summed E-state index contributed by atoms with van der Waals surface area (Å²) in [4.78, 5) is 66.0. The summed E-state index contributed by atoms with van der Waals surface area (Å²) < 4.78 is 40.2. The molecule has 2 heterocycles. The summed E-state index contributed by atoms with van der Waals surface area (Å²) in [6.07, 6.45) is -2.88. The van der Waals surface area contributed by atoms with Gasteiger partial charge in [-0.1, -0.05) is 54.6 Å². The van der Waals surface area contributed by atoms with Crippen molar-refractivity contribution in [1.29, 1.82) is 0 Å².